The second-order valence-electron chi connectivity index (χ2n) is 8.31. The first-order valence-electron chi connectivity index (χ1n) is 10.5. The van der Waals surface area contributed by atoms with Crippen LogP contribution in [0.1, 0.15) is 48.9 Å². The number of aliphatic hydroxyl groups excluding tert-OH is 1. The molecule has 0 saturated heterocycles. The Hall–Kier alpha value is -2.25. The van der Waals surface area contributed by atoms with Crippen molar-refractivity contribution in [2.75, 3.05) is 13.6 Å². The highest BCUT2D eigenvalue weighted by atomic mass is 32.1. The molecule has 1 heterocycles. The van der Waals surface area contributed by atoms with Gasteiger partial charge in [-0.3, -0.25) is 9.59 Å². The molecular weight excluding hydrogens is 398 g/mol. The molecule has 2 amide bonds. The minimum absolute atomic E-state index is 0.0292. The molecule has 1 aromatic heterocycles. The van der Waals surface area contributed by atoms with Gasteiger partial charge in [-0.2, -0.15) is 0 Å². The molecular formula is C23H31N3O3S. The summed E-state index contributed by atoms with van der Waals surface area (Å²) in [6.45, 7) is 3.98. The Bertz CT molecular complexity index is 870. The number of thiazole rings is 1. The quantitative estimate of drug-likeness (QED) is 0.692. The highest BCUT2D eigenvalue weighted by molar-refractivity contribution is 7.09. The van der Waals surface area contributed by atoms with Gasteiger partial charge in [-0.25, -0.2) is 4.98 Å². The Labute approximate surface area is 182 Å². The summed E-state index contributed by atoms with van der Waals surface area (Å²) in [6.07, 6.45) is 2.44. The van der Waals surface area contributed by atoms with Gasteiger partial charge in [0.1, 0.15) is 0 Å². The molecule has 1 aliphatic rings. The van der Waals surface area contributed by atoms with E-state index >= 15 is 0 Å². The van der Waals surface area contributed by atoms with Crippen LogP contribution in [0.4, 0.5) is 0 Å². The van der Waals surface area contributed by atoms with E-state index in [-0.39, 0.29) is 29.7 Å². The zero-order valence-electron chi connectivity index (χ0n) is 17.9. The summed E-state index contributed by atoms with van der Waals surface area (Å²) in [4.78, 5) is 30.6. The molecule has 2 N–H and O–H groups in total. The van der Waals surface area contributed by atoms with Gasteiger partial charge in [-0.1, -0.05) is 30.3 Å². The van der Waals surface area contributed by atoms with Crippen molar-refractivity contribution in [2.24, 2.45) is 0 Å². The van der Waals surface area contributed by atoms with Crippen LogP contribution >= 0.6 is 11.3 Å². The average Bonchev–Trinajstić information content (AvgIpc) is 3.05. The minimum Gasteiger partial charge on any atom is -0.391 e. The molecule has 0 radical (unpaired) electrons. The summed E-state index contributed by atoms with van der Waals surface area (Å²) < 4.78 is 0. The van der Waals surface area contributed by atoms with E-state index < -0.39 is 6.10 Å². The van der Waals surface area contributed by atoms with Crippen molar-refractivity contribution in [3.8, 4) is 0 Å². The van der Waals surface area contributed by atoms with Crippen molar-refractivity contribution >= 4 is 23.2 Å². The maximum atomic E-state index is 12.8. The molecule has 0 bridgehead atoms. The molecule has 0 aliphatic heterocycles. The topological polar surface area (TPSA) is 82.5 Å². The number of hydrogen-bond donors (Lipinski definition) is 2. The van der Waals surface area contributed by atoms with Crippen molar-refractivity contribution < 1.29 is 14.7 Å². The van der Waals surface area contributed by atoms with Crippen LogP contribution in [0.25, 0.3) is 0 Å². The van der Waals surface area contributed by atoms with Crippen molar-refractivity contribution in [3.63, 3.8) is 0 Å². The number of carbonyl (C=O) groups is 2. The highest BCUT2D eigenvalue weighted by Crippen LogP contribution is 2.39. The molecule has 7 heteroatoms. The predicted octanol–water partition coefficient (Wildman–Crippen LogP) is 2.83. The number of nitrogens with zero attached hydrogens (tertiary/aromatic N) is 2. The van der Waals surface area contributed by atoms with Crippen molar-refractivity contribution in [1.29, 1.82) is 0 Å². The molecule has 1 aromatic carbocycles. The van der Waals surface area contributed by atoms with E-state index in [1.165, 1.54) is 23.8 Å². The summed E-state index contributed by atoms with van der Waals surface area (Å²) in [5.74, 6) is -0.0871. The van der Waals surface area contributed by atoms with Crippen LogP contribution in [-0.4, -0.2) is 52.5 Å². The van der Waals surface area contributed by atoms with Gasteiger partial charge in [-0.05, 0) is 38.2 Å². The van der Waals surface area contributed by atoms with Crippen LogP contribution < -0.4 is 5.32 Å². The molecule has 1 saturated carbocycles. The fourth-order valence-electron chi connectivity index (χ4n) is 4.42. The SMILES string of the molecule is CC(=O)NC[C@]1(c2ccccc2)CC[C@H](O)[C@@H](N(C)C(=O)Cc2csc(C)n2)CC1. The molecule has 1 fully saturated rings. The van der Waals surface area contributed by atoms with Crippen LogP contribution in [0, 0.1) is 6.92 Å². The summed E-state index contributed by atoms with van der Waals surface area (Å²) in [7, 11) is 1.78. The third-order valence-corrected chi connectivity index (χ3v) is 7.06. The number of aliphatic hydroxyl groups is 1. The minimum atomic E-state index is -0.598. The predicted molar refractivity (Wildman–Crippen MR) is 118 cm³/mol. The molecule has 3 atom stereocenters. The van der Waals surface area contributed by atoms with E-state index in [1.54, 1.807) is 11.9 Å². The third kappa shape index (κ3) is 5.26. The average molecular weight is 430 g/mol. The summed E-state index contributed by atoms with van der Waals surface area (Å²) >= 11 is 1.54. The number of aromatic nitrogens is 1. The van der Waals surface area contributed by atoms with E-state index in [2.05, 4.69) is 22.4 Å². The van der Waals surface area contributed by atoms with E-state index in [9.17, 15) is 14.7 Å². The Kier molecular flexibility index (Phi) is 7.26. The van der Waals surface area contributed by atoms with Gasteiger partial charge in [0.2, 0.25) is 11.8 Å². The molecule has 2 aromatic rings. The number of aryl methyl sites for hydroxylation is 1. The first kappa shape index (κ1) is 22.4. The lowest BCUT2D eigenvalue weighted by Crippen LogP contribution is -2.45. The molecule has 1 aliphatic carbocycles. The molecule has 0 spiro atoms. The Morgan fingerprint density at radius 2 is 1.97 bits per heavy atom. The van der Waals surface area contributed by atoms with Crippen LogP contribution in [0.2, 0.25) is 0 Å². The Balaban J connectivity index is 1.76. The molecule has 3 rings (SSSR count). The van der Waals surface area contributed by atoms with Crippen molar-refractivity contribution in [1.82, 2.24) is 15.2 Å². The van der Waals surface area contributed by atoms with Crippen LogP contribution in [0.15, 0.2) is 35.7 Å². The maximum Gasteiger partial charge on any atom is 0.228 e. The van der Waals surface area contributed by atoms with Crippen LogP contribution in [0.5, 0.6) is 0 Å². The monoisotopic (exact) mass is 429 g/mol. The number of benzene rings is 1. The summed E-state index contributed by atoms with van der Waals surface area (Å²) in [6, 6.07) is 9.93. The molecule has 6 nitrogen and oxygen atoms in total. The van der Waals surface area contributed by atoms with E-state index in [0.29, 0.717) is 19.4 Å². The van der Waals surface area contributed by atoms with Gasteiger partial charge in [0, 0.05) is 31.3 Å². The lowest BCUT2D eigenvalue weighted by Gasteiger charge is -2.34. The first-order valence-corrected chi connectivity index (χ1v) is 11.3. The zero-order valence-corrected chi connectivity index (χ0v) is 18.7. The molecule has 30 heavy (non-hydrogen) atoms. The van der Waals surface area contributed by atoms with Gasteiger partial charge in [0.15, 0.2) is 0 Å². The Morgan fingerprint density at radius 3 is 2.60 bits per heavy atom. The molecule has 0 unspecified atom stereocenters. The number of likely N-dealkylation sites (N-methyl/N-ethyl adjacent to an activating group) is 1. The summed E-state index contributed by atoms with van der Waals surface area (Å²) in [5.41, 5.74) is 1.69. The molecule has 162 valence electrons. The first-order chi connectivity index (χ1) is 14.3. The van der Waals surface area contributed by atoms with E-state index in [1.807, 2.05) is 30.5 Å². The Morgan fingerprint density at radius 1 is 1.27 bits per heavy atom. The smallest absolute Gasteiger partial charge is 0.228 e. The normalized spacial score (nSPS) is 24.1. The van der Waals surface area contributed by atoms with Crippen molar-refractivity contribution in [3.05, 3.63) is 52.0 Å². The third-order valence-electron chi connectivity index (χ3n) is 6.23. The van der Waals surface area contributed by atoms with Gasteiger partial charge in [0.25, 0.3) is 0 Å². The number of nitrogens with one attached hydrogen (secondary N) is 1. The fraction of sp³-hybridized carbons (Fsp3) is 0.522. The van der Waals surface area contributed by atoms with E-state index in [4.69, 9.17) is 0 Å². The van der Waals surface area contributed by atoms with Gasteiger partial charge in [-0.15, -0.1) is 11.3 Å². The fourth-order valence-corrected chi connectivity index (χ4v) is 5.03. The lowest BCUT2D eigenvalue weighted by atomic mass is 9.74. The van der Waals surface area contributed by atoms with Crippen LogP contribution in [0.3, 0.4) is 0 Å². The maximum absolute atomic E-state index is 12.8. The largest absolute Gasteiger partial charge is 0.391 e. The number of carbonyl (C=O) groups excluding carboxylic acids is 2. The van der Waals surface area contributed by atoms with Gasteiger partial charge >= 0.3 is 0 Å². The second kappa shape index (κ2) is 9.71. The van der Waals surface area contributed by atoms with Crippen LogP contribution in [-0.2, 0) is 21.4 Å². The number of rotatable bonds is 6. The second-order valence-corrected chi connectivity index (χ2v) is 9.37. The highest BCUT2D eigenvalue weighted by Gasteiger charge is 2.40. The van der Waals surface area contributed by atoms with Gasteiger partial charge < -0.3 is 15.3 Å². The number of hydrogen-bond acceptors (Lipinski definition) is 5. The van der Waals surface area contributed by atoms with E-state index in [0.717, 1.165) is 23.5 Å². The van der Waals surface area contributed by atoms with Crippen molar-refractivity contribution in [2.45, 2.75) is 63.5 Å². The lowest BCUT2D eigenvalue weighted by molar-refractivity contribution is -0.133. The van der Waals surface area contributed by atoms with Gasteiger partial charge in [0.05, 0.1) is 29.3 Å². The standard InChI is InChI=1S/C23H31N3O3S/c1-16(27)24-15-23(18-7-5-4-6-8-18)11-9-20(21(28)10-12-23)26(3)22(29)13-19-14-30-17(2)25-19/h4-8,14,20-21,28H,9-13,15H2,1-3H3,(H,24,27)/t20-,21-,23+/m0/s1. The zero-order chi connectivity index (χ0) is 21.7. The number of amides is 2. The summed E-state index contributed by atoms with van der Waals surface area (Å²) in [5, 5.41) is 16.8.